The highest BCUT2D eigenvalue weighted by Gasteiger charge is 2.69. The molecule has 4 saturated carbocycles. The van der Waals surface area contributed by atoms with E-state index in [0.717, 1.165) is 57.3 Å². The molecule has 7 rings (SSSR count). The van der Waals surface area contributed by atoms with Crippen LogP contribution in [0.2, 0.25) is 0 Å². The summed E-state index contributed by atoms with van der Waals surface area (Å²) in [6.07, 6.45) is 18.6. The van der Waals surface area contributed by atoms with Gasteiger partial charge in [0.25, 0.3) is 0 Å². The predicted octanol–water partition coefficient (Wildman–Crippen LogP) is 8.08. The van der Waals surface area contributed by atoms with Crippen LogP contribution in [0.3, 0.4) is 0 Å². The van der Waals surface area contributed by atoms with Crippen molar-refractivity contribution in [3.05, 3.63) is 41.5 Å². The lowest BCUT2D eigenvalue weighted by atomic mass is 9.33. The van der Waals surface area contributed by atoms with Crippen molar-refractivity contribution < 1.29 is 18.3 Å². The number of carboxylic acid groups (broad SMARTS) is 1. The average molecular weight is 679 g/mol. The maximum absolute atomic E-state index is 12.0. The number of fused-ring (bicyclic) bond motifs is 7. The second kappa shape index (κ2) is 11.9. The van der Waals surface area contributed by atoms with E-state index in [9.17, 15) is 18.3 Å². The minimum absolute atomic E-state index is 0.0357. The van der Waals surface area contributed by atoms with E-state index < -0.39 is 15.8 Å². The van der Waals surface area contributed by atoms with Gasteiger partial charge in [0.05, 0.1) is 10.8 Å². The quantitative estimate of drug-likeness (QED) is 0.303. The Kier molecular flexibility index (Phi) is 8.64. The van der Waals surface area contributed by atoms with Gasteiger partial charge >= 0.3 is 5.97 Å². The molecule has 0 radical (unpaired) electrons. The van der Waals surface area contributed by atoms with E-state index >= 15 is 0 Å². The Morgan fingerprint density at radius 3 is 2.23 bits per heavy atom. The minimum Gasteiger partial charge on any atom is -0.478 e. The van der Waals surface area contributed by atoms with E-state index in [4.69, 9.17) is 0 Å². The number of piperidine rings is 1. The number of nitrogens with zero attached hydrogens (tertiary/aromatic N) is 1. The van der Waals surface area contributed by atoms with Crippen molar-refractivity contribution in [3.8, 4) is 0 Å². The average Bonchev–Trinajstić information content (AvgIpc) is 3.45. The maximum atomic E-state index is 12.0. The maximum Gasteiger partial charge on any atom is 0.335 e. The first-order valence-electron chi connectivity index (χ1n) is 19.3. The molecule has 1 heterocycles. The molecule has 0 amide bonds. The zero-order valence-electron chi connectivity index (χ0n) is 30.6. The first-order valence-corrected chi connectivity index (χ1v) is 21.2. The van der Waals surface area contributed by atoms with Crippen LogP contribution >= 0.6 is 0 Å². The van der Waals surface area contributed by atoms with Gasteiger partial charge in [0, 0.05) is 24.9 Å². The van der Waals surface area contributed by atoms with Gasteiger partial charge in [0.2, 0.25) is 0 Å². The van der Waals surface area contributed by atoms with Crippen LogP contribution in [0.1, 0.15) is 128 Å². The molecular formula is C41H62N2O4S. The summed E-state index contributed by atoms with van der Waals surface area (Å²) >= 11 is 0. The highest BCUT2D eigenvalue weighted by molar-refractivity contribution is 7.91. The zero-order chi connectivity index (χ0) is 34.3. The van der Waals surface area contributed by atoms with E-state index in [-0.39, 0.29) is 21.6 Å². The van der Waals surface area contributed by atoms with E-state index in [1.165, 1.54) is 75.2 Å². The first-order chi connectivity index (χ1) is 22.6. The molecule has 7 heteroatoms. The third kappa shape index (κ3) is 5.29. The van der Waals surface area contributed by atoms with Crippen LogP contribution in [0.25, 0.3) is 5.57 Å². The van der Waals surface area contributed by atoms with Gasteiger partial charge in [-0.05, 0) is 152 Å². The Bertz CT molecular complexity index is 1540. The van der Waals surface area contributed by atoms with Crippen molar-refractivity contribution in [3.63, 3.8) is 0 Å². The lowest BCUT2D eigenvalue weighted by molar-refractivity contribution is -0.217. The summed E-state index contributed by atoms with van der Waals surface area (Å²) in [6.45, 7) is 16.9. The number of sulfone groups is 1. The number of rotatable bonds is 7. The number of hydrogen-bond donors (Lipinski definition) is 2. The molecule has 1 saturated heterocycles. The molecule has 266 valence electrons. The van der Waals surface area contributed by atoms with Gasteiger partial charge in [-0.15, -0.1) is 0 Å². The Morgan fingerprint density at radius 2 is 1.56 bits per heavy atom. The minimum atomic E-state index is -2.93. The molecule has 1 aliphatic heterocycles. The topological polar surface area (TPSA) is 86.7 Å². The van der Waals surface area contributed by atoms with Gasteiger partial charge in [-0.25, -0.2) is 13.2 Å². The van der Waals surface area contributed by atoms with Crippen LogP contribution in [0.4, 0.5) is 0 Å². The molecule has 6 nitrogen and oxygen atoms in total. The summed E-state index contributed by atoms with van der Waals surface area (Å²) in [5, 5.41) is 13.5. The van der Waals surface area contributed by atoms with Crippen molar-refractivity contribution in [1.29, 1.82) is 0 Å². The molecule has 0 aromatic heterocycles. The van der Waals surface area contributed by atoms with Crippen molar-refractivity contribution >= 4 is 21.4 Å². The molecule has 1 aromatic rings. The molecule has 5 aliphatic carbocycles. The van der Waals surface area contributed by atoms with Crippen LogP contribution in [0.15, 0.2) is 30.3 Å². The summed E-state index contributed by atoms with van der Waals surface area (Å²) in [4.78, 5) is 14.0. The fraction of sp³-hybridized carbons (Fsp3) is 0.780. The zero-order valence-corrected chi connectivity index (χ0v) is 31.4. The fourth-order valence-electron chi connectivity index (χ4n) is 13.8. The lowest BCUT2D eigenvalue weighted by Crippen LogP contribution is -2.67. The van der Waals surface area contributed by atoms with Gasteiger partial charge in [0.1, 0.15) is 9.84 Å². The van der Waals surface area contributed by atoms with E-state index in [0.29, 0.717) is 28.2 Å². The Hall–Kier alpha value is -1.70. The number of allylic oxidation sites excluding steroid dienone is 2. The standard InChI is InChI=1S/C41H62N2O4S/c1-37(2)31(28-9-11-29(12-10-28)36(44)45)15-20-38(3)34(37)16-21-40(5)35(38)14-13-32-33-8-7-19-41(33,23-22-39(32,40)4)42-24-27-43-25-17-30(18-26-43)48(6,46)47/h9-12,15,30,32-35,42H,7-8,13-14,16-27H2,1-6H3,(H,44,45)/t32-,33?,34?,35?,38+,39-,40-,41+/m1/s1. The van der Waals surface area contributed by atoms with Crippen LogP contribution in [0, 0.1) is 45.3 Å². The summed E-state index contributed by atoms with van der Waals surface area (Å²) in [5.74, 6) is 2.01. The van der Waals surface area contributed by atoms with Crippen molar-refractivity contribution in [2.24, 2.45) is 45.3 Å². The molecule has 0 bridgehead atoms. The largest absolute Gasteiger partial charge is 0.478 e. The lowest BCUT2D eigenvalue weighted by Gasteiger charge is -2.72. The molecule has 8 atom stereocenters. The fourth-order valence-corrected chi connectivity index (χ4v) is 14.9. The smallest absolute Gasteiger partial charge is 0.335 e. The molecule has 48 heavy (non-hydrogen) atoms. The summed E-state index contributed by atoms with van der Waals surface area (Å²) in [6, 6.07) is 7.60. The third-order valence-electron chi connectivity index (χ3n) is 16.4. The van der Waals surface area contributed by atoms with Crippen molar-refractivity contribution in [1.82, 2.24) is 10.2 Å². The van der Waals surface area contributed by atoms with Gasteiger partial charge in [0.15, 0.2) is 0 Å². The molecule has 1 aromatic carbocycles. The normalized spacial score (nSPS) is 41.4. The Balaban J connectivity index is 1.07. The predicted molar refractivity (Wildman–Crippen MR) is 195 cm³/mol. The van der Waals surface area contributed by atoms with Gasteiger partial charge in [-0.1, -0.05) is 59.2 Å². The van der Waals surface area contributed by atoms with E-state index in [2.05, 4.69) is 50.9 Å². The number of hydrogen-bond acceptors (Lipinski definition) is 5. The summed E-state index contributed by atoms with van der Waals surface area (Å²) in [7, 11) is -2.93. The number of nitrogens with one attached hydrogen (secondary N) is 1. The molecule has 3 unspecified atom stereocenters. The molecular weight excluding hydrogens is 617 g/mol. The van der Waals surface area contributed by atoms with E-state index in [1.54, 1.807) is 12.1 Å². The van der Waals surface area contributed by atoms with Crippen LogP contribution in [-0.4, -0.2) is 67.6 Å². The molecule has 2 N–H and O–H groups in total. The summed E-state index contributed by atoms with van der Waals surface area (Å²) in [5.41, 5.74) is 4.23. The number of likely N-dealkylation sites (tertiary alicyclic amines) is 1. The van der Waals surface area contributed by atoms with Gasteiger partial charge in [-0.3, -0.25) is 0 Å². The Labute approximate surface area is 290 Å². The second-order valence-electron chi connectivity index (χ2n) is 18.5. The van der Waals surface area contributed by atoms with Gasteiger partial charge < -0.3 is 15.3 Å². The number of carbonyl (C=O) groups is 1. The van der Waals surface area contributed by atoms with Crippen LogP contribution in [-0.2, 0) is 9.84 Å². The van der Waals surface area contributed by atoms with Crippen LogP contribution in [0.5, 0.6) is 0 Å². The third-order valence-corrected chi connectivity index (χ3v) is 18.1. The number of aromatic carboxylic acids is 1. The highest BCUT2D eigenvalue weighted by atomic mass is 32.2. The first kappa shape index (κ1) is 34.7. The monoisotopic (exact) mass is 678 g/mol. The summed E-state index contributed by atoms with van der Waals surface area (Å²) < 4.78 is 24.1. The second-order valence-corrected chi connectivity index (χ2v) is 20.9. The Morgan fingerprint density at radius 1 is 0.854 bits per heavy atom. The van der Waals surface area contributed by atoms with Crippen LogP contribution < -0.4 is 5.32 Å². The number of benzene rings is 1. The highest BCUT2D eigenvalue weighted by Crippen LogP contribution is 2.76. The SMILES string of the molecule is CC1(C)C(c2ccc(C(=O)O)cc2)=CC[C@@]2(C)C1CC[C@]1(C)C2CC[C@@H]2C3CCC[C@]3(NCCN3CCC(S(C)(=O)=O)CC3)CC[C@]21C. The molecule has 6 aliphatic rings. The van der Waals surface area contributed by atoms with Gasteiger partial charge in [-0.2, -0.15) is 0 Å². The molecule has 5 fully saturated rings. The van der Waals surface area contributed by atoms with Crippen molar-refractivity contribution in [2.45, 2.75) is 122 Å². The molecule has 0 spiro atoms. The van der Waals surface area contributed by atoms with E-state index in [1.807, 2.05) is 12.1 Å². The number of carboxylic acids is 1. The van der Waals surface area contributed by atoms with Crippen molar-refractivity contribution in [2.75, 3.05) is 32.4 Å².